The second-order valence-electron chi connectivity index (χ2n) is 6.38. The fourth-order valence-corrected chi connectivity index (χ4v) is 5.61. The van der Waals surface area contributed by atoms with Crippen LogP contribution in [-0.4, -0.2) is 28.3 Å². The largest absolute Gasteiger partial charge is 0.481 e. The lowest BCUT2D eigenvalue weighted by Crippen LogP contribution is -2.12. The molecule has 0 amide bonds. The zero-order chi connectivity index (χ0) is 17.0. The van der Waals surface area contributed by atoms with Crippen molar-refractivity contribution in [2.75, 3.05) is 17.3 Å². The number of thioether (sulfide) groups is 2. The SMILES string of the molecule is O=C(O)CCCC=CC[C@H]1CSC[C@H]1CCSCc1ccccc1. The first-order valence-corrected chi connectivity index (χ1v) is 11.1. The molecule has 1 aliphatic heterocycles. The van der Waals surface area contributed by atoms with Gasteiger partial charge in [-0.25, -0.2) is 0 Å². The van der Waals surface area contributed by atoms with Gasteiger partial charge in [0.1, 0.15) is 0 Å². The van der Waals surface area contributed by atoms with Crippen molar-refractivity contribution in [1.29, 1.82) is 0 Å². The van der Waals surface area contributed by atoms with Crippen molar-refractivity contribution >= 4 is 29.5 Å². The molecule has 2 atom stereocenters. The summed E-state index contributed by atoms with van der Waals surface area (Å²) in [7, 11) is 0. The van der Waals surface area contributed by atoms with Crippen LogP contribution in [0.25, 0.3) is 0 Å². The van der Waals surface area contributed by atoms with Crippen molar-refractivity contribution < 1.29 is 9.90 Å². The Bertz CT molecular complexity index is 502. The quantitative estimate of drug-likeness (QED) is 0.416. The van der Waals surface area contributed by atoms with Crippen LogP contribution in [0.3, 0.4) is 0 Å². The van der Waals surface area contributed by atoms with E-state index in [1.54, 1.807) is 0 Å². The Morgan fingerprint density at radius 3 is 2.79 bits per heavy atom. The minimum atomic E-state index is -0.691. The lowest BCUT2D eigenvalue weighted by molar-refractivity contribution is -0.137. The molecule has 4 heteroatoms. The second kappa shape index (κ2) is 11.6. The van der Waals surface area contributed by atoms with E-state index in [1.807, 2.05) is 11.8 Å². The van der Waals surface area contributed by atoms with Crippen molar-refractivity contribution in [3.05, 3.63) is 48.0 Å². The van der Waals surface area contributed by atoms with Crippen LogP contribution in [0.4, 0.5) is 0 Å². The molecule has 0 spiro atoms. The molecule has 2 nitrogen and oxygen atoms in total. The van der Waals surface area contributed by atoms with Crippen molar-refractivity contribution in [2.45, 2.75) is 37.9 Å². The Morgan fingerprint density at radius 1 is 1.21 bits per heavy atom. The van der Waals surface area contributed by atoms with E-state index in [1.165, 1.54) is 29.2 Å². The van der Waals surface area contributed by atoms with Gasteiger partial charge in [0.2, 0.25) is 0 Å². The van der Waals surface area contributed by atoms with Gasteiger partial charge in [-0.05, 0) is 60.3 Å². The third kappa shape index (κ3) is 7.80. The number of hydrogen-bond donors (Lipinski definition) is 1. The number of benzene rings is 1. The van der Waals surface area contributed by atoms with Gasteiger partial charge in [-0.15, -0.1) is 0 Å². The lowest BCUT2D eigenvalue weighted by atomic mass is 9.90. The predicted octanol–water partition coefficient (Wildman–Crippen LogP) is 5.49. The van der Waals surface area contributed by atoms with E-state index in [-0.39, 0.29) is 6.42 Å². The maximum atomic E-state index is 10.5. The second-order valence-corrected chi connectivity index (χ2v) is 8.56. The molecular weight excluding hydrogens is 336 g/mol. The van der Waals surface area contributed by atoms with Gasteiger partial charge in [0.15, 0.2) is 0 Å². The fraction of sp³-hybridized carbons (Fsp3) is 0.550. The van der Waals surface area contributed by atoms with Crippen molar-refractivity contribution in [3.8, 4) is 0 Å². The maximum Gasteiger partial charge on any atom is 0.303 e. The zero-order valence-corrected chi connectivity index (χ0v) is 15.9. The van der Waals surface area contributed by atoms with Gasteiger partial charge >= 0.3 is 5.97 Å². The number of aliphatic carboxylic acids is 1. The highest BCUT2D eigenvalue weighted by Crippen LogP contribution is 2.35. The first-order chi connectivity index (χ1) is 11.8. The molecule has 0 saturated carbocycles. The fourth-order valence-electron chi connectivity index (χ4n) is 2.98. The third-order valence-corrected chi connectivity index (χ3v) is 6.83. The number of rotatable bonds is 11. The summed E-state index contributed by atoms with van der Waals surface area (Å²) in [5, 5.41) is 8.62. The van der Waals surface area contributed by atoms with Crippen LogP contribution in [0.15, 0.2) is 42.5 Å². The van der Waals surface area contributed by atoms with Crippen LogP contribution in [0.5, 0.6) is 0 Å². The van der Waals surface area contributed by atoms with Gasteiger partial charge in [-0.1, -0.05) is 42.5 Å². The summed E-state index contributed by atoms with van der Waals surface area (Å²) in [6, 6.07) is 10.7. The summed E-state index contributed by atoms with van der Waals surface area (Å²) in [5.74, 6) is 5.93. The van der Waals surface area contributed by atoms with E-state index in [9.17, 15) is 4.79 Å². The Kier molecular flexibility index (Phi) is 9.44. The van der Waals surface area contributed by atoms with Gasteiger partial charge in [0, 0.05) is 12.2 Å². The first kappa shape index (κ1) is 19.5. The van der Waals surface area contributed by atoms with E-state index in [0.717, 1.165) is 36.9 Å². The van der Waals surface area contributed by atoms with Crippen molar-refractivity contribution in [3.63, 3.8) is 0 Å². The Morgan fingerprint density at radius 2 is 2.00 bits per heavy atom. The summed E-state index contributed by atoms with van der Waals surface area (Å²) < 4.78 is 0. The van der Waals surface area contributed by atoms with Crippen LogP contribution in [0, 0.1) is 11.8 Å². The van der Waals surface area contributed by atoms with E-state index in [0.29, 0.717) is 0 Å². The summed E-state index contributed by atoms with van der Waals surface area (Å²) in [5.41, 5.74) is 1.42. The number of carboxylic acids is 1. The molecule has 0 aliphatic carbocycles. The molecule has 132 valence electrons. The zero-order valence-electron chi connectivity index (χ0n) is 14.2. The standard InChI is InChI=1S/C20H28O2S2/c21-20(22)11-7-2-1-6-10-18-15-24-16-19(18)12-13-23-14-17-8-4-3-5-9-17/h1,3-6,8-9,18-19H,2,7,10-16H2,(H,21,22)/t18-,19+/m0/s1. The molecule has 24 heavy (non-hydrogen) atoms. The number of carbonyl (C=O) groups is 1. The molecule has 2 rings (SSSR count). The van der Waals surface area contributed by atoms with E-state index in [2.05, 4.69) is 54.2 Å². The Labute approximate surface area is 154 Å². The van der Waals surface area contributed by atoms with Gasteiger partial charge in [0.25, 0.3) is 0 Å². The van der Waals surface area contributed by atoms with E-state index < -0.39 is 5.97 Å². The number of allylic oxidation sites excluding steroid dienone is 2. The smallest absolute Gasteiger partial charge is 0.303 e. The average Bonchev–Trinajstić information content (AvgIpc) is 3.03. The molecule has 1 aromatic rings. The number of unbranched alkanes of at least 4 members (excludes halogenated alkanes) is 1. The maximum absolute atomic E-state index is 10.5. The Hall–Kier alpha value is -0.870. The van der Waals surface area contributed by atoms with Gasteiger partial charge in [0.05, 0.1) is 0 Å². The van der Waals surface area contributed by atoms with Crippen LogP contribution < -0.4 is 0 Å². The molecule has 1 fully saturated rings. The molecule has 1 aromatic carbocycles. The number of carboxylic acid groups (broad SMARTS) is 1. The molecule has 0 bridgehead atoms. The molecule has 1 N–H and O–H groups in total. The summed E-state index contributed by atoms with van der Waals surface area (Å²) >= 11 is 4.15. The topological polar surface area (TPSA) is 37.3 Å². The van der Waals surface area contributed by atoms with Crippen LogP contribution in [-0.2, 0) is 10.5 Å². The monoisotopic (exact) mass is 364 g/mol. The minimum Gasteiger partial charge on any atom is -0.481 e. The predicted molar refractivity (Wildman–Crippen MR) is 107 cm³/mol. The average molecular weight is 365 g/mol. The van der Waals surface area contributed by atoms with Gasteiger partial charge in [-0.2, -0.15) is 23.5 Å². The summed E-state index contributed by atoms with van der Waals surface area (Å²) in [6.45, 7) is 0. The molecule has 0 unspecified atom stereocenters. The van der Waals surface area contributed by atoms with E-state index in [4.69, 9.17) is 5.11 Å². The third-order valence-electron chi connectivity index (χ3n) is 4.44. The normalized spacial score (nSPS) is 20.7. The van der Waals surface area contributed by atoms with Crippen molar-refractivity contribution in [2.24, 2.45) is 11.8 Å². The Balaban J connectivity index is 1.58. The molecule has 0 radical (unpaired) electrons. The lowest BCUT2D eigenvalue weighted by Gasteiger charge is -2.16. The van der Waals surface area contributed by atoms with E-state index >= 15 is 0 Å². The minimum absolute atomic E-state index is 0.283. The summed E-state index contributed by atoms with van der Waals surface area (Å²) in [4.78, 5) is 10.5. The van der Waals surface area contributed by atoms with Crippen LogP contribution >= 0.6 is 23.5 Å². The highest BCUT2D eigenvalue weighted by Gasteiger charge is 2.26. The van der Waals surface area contributed by atoms with Gasteiger partial charge < -0.3 is 5.11 Å². The van der Waals surface area contributed by atoms with Crippen LogP contribution in [0.2, 0.25) is 0 Å². The molecule has 1 heterocycles. The molecule has 1 saturated heterocycles. The van der Waals surface area contributed by atoms with Gasteiger partial charge in [-0.3, -0.25) is 4.79 Å². The number of hydrogen-bond acceptors (Lipinski definition) is 3. The highest BCUT2D eigenvalue weighted by molar-refractivity contribution is 7.99. The highest BCUT2D eigenvalue weighted by atomic mass is 32.2. The first-order valence-electron chi connectivity index (χ1n) is 8.82. The van der Waals surface area contributed by atoms with Crippen LogP contribution in [0.1, 0.15) is 37.7 Å². The summed E-state index contributed by atoms with van der Waals surface area (Å²) in [6.07, 6.45) is 8.87. The van der Waals surface area contributed by atoms with Crippen molar-refractivity contribution in [1.82, 2.24) is 0 Å². The molecule has 0 aromatic heterocycles. The molecule has 1 aliphatic rings. The molecular formula is C20H28O2S2.